The van der Waals surface area contributed by atoms with E-state index in [1.165, 1.54) is 17.0 Å². The molecule has 3 aromatic rings. The van der Waals surface area contributed by atoms with Gasteiger partial charge >= 0.3 is 0 Å². The van der Waals surface area contributed by atoms with Crippen molar-refractivity contribution in [2.24, 2.45) is 0 Å². The molecular formula is C33H40ClN3O4S. The molecule has 42 heavy (non-hydrogen) atoms. The lowest BCUT2D eigenvalue weighted by molar-refractivity contribution is -0.139. The molecule has 0 aromatic heterocycles. The summed E-state index contributed by atoms with van der Waals surface area (Å²) in [6.45, 7) is 5.38. The van der Waals surface area contributed by atoms with Crippen molar-refractivity contribution in [1.82, 2.24) is 10.2 Å². The number of sulfonamides is 1. The number of hydrogen-bond donors (Lipinski definition) is 1. The van der Waals surface area contributed by atoms with Crippen LogP contribution < -0.4 is 9.62 Å². The fraction of sp³-hybridized carbons (Fsp3) is 0.394. The van der Waals surface area contributed by atoms with Gasteiger partial charge in [-0.2, -0.15) is 0 Å². The molecule has 7 nitrogen and oxygen atoms in total. The van der Waals surface area contributed by atoms with Gasteiger partial charge in [-0.3, -0.25) is 13.9 Å². The SMILES string of the molecule is CC(C)c1ccc(N(CC(=O)N(Cc2ccccc2Cl)[C@H](C)C(=O)NC2CCCCC2)S(=O)(=O)c2ccccc2)cc1. The van der Waals surface area contributed by atoms with E-state index in [1.807, 2.05) is 18.2 Å². The molecule has 224 valence electrons. The minimum atomic E-state index is -4.11. The summed E-state index contributed by atoms with van der Waals surface area (Å²) in [7, 11) is -4.11. The molecule has 1 atom stereocenters. The van der Waals surface area contributed by atoms with Gasteiger partial charge in [-0.1, -0.05) is 93.2 Å². The molecule has 1 saturated carbocycles. The van der Waals surface area contributed by atoms with Crippen LogP contribution in [0.25, 0.3) is 0 Å². The van der Waals surface area contributed by atoms with Crippen molar-refractivity contribution in [2.75, 3.05) is 10.8 Å². The maximum Gasteiger partial charge on any atom is 0.264 e. The van der Waals surface area contributed by atoms with Crippen LogP contribution in [0.3, 0.4) is 0 Å². The third kappa shape index (κ3) is 7.72. The molecule has 4 rings (SSSR count). The van der Waals surface area contributed by atoms with Crippen molar-refractivity contribution >= 4 is 39.1 Å². The maximum atomic E-state index is 14.1. The summed E-state index contributed by atoms with van der Waals surface area (Å²) in [5.41, 5.74) is 2.09. The zero-order chi connectivity index (χ0) is 30.3. The summed E-state index contributed by atoms with van der Waals surface area (Å²) in [5, 5.41) is 3.58. The first-order valence-corrected chi connectivity index (χ1v) is 16.4. The molecule has 0 radical (unpaired) electrons. The van der Waals surface area contributed by atoms with Crippen LogP contribution in [-0.4, -0.2) is 43.8 Å². The topological polar surface area (TPSA) is 86.8 Å². The lowest BCUT2D eigenvalue weighted by atomic mass is 9.95. The largest absolute Gasteiger partial charge is 0.352 e. The number of nitrogens with zero attached hydrogens (tertiary/aromatic N) is 2. The van der Waals surface area contributed by atoms with Crippen molar-refractivity contribution < 1.29 is 18.0 Å². The second kappa shape index (κ2) is 14.2. The zero-order valence-corrected chi connectivity index (χ0v) is 26.1. The van der Waals surface area contributed by atoms with Crippen LogP contribution in [0, 0.1) is 0 Å². The molecule has 0 saturated heterocycles. The third-order valence-corrected chi connectivity index (χ3v) is 10.0. The van der Waals surface area contributed by atoms with Crippen molar-refractivity contribution in [3.05, 3.63) is 95.0 Å². The molecule has 0 spiro atoms. The molecule has 0 heterocycles. The minimum absolute atomic E-state index is 0.0588. The molecule has 1 aliphatic rings. The minimum Gasteiger partial charge on any atom is -0.352 e. The molecule has 1 N–H and O–H groups in total. The Morgan fingerprint density at radius 2 is 1.50 bits per heavy atom. The van der Waals surface area contributed by atoms with Gasteiger partial charge in [0.1, 0.15) is 12.6 Å². The first-order valence-electron chi connectivity index (χ1n) is 14.6. The van der Waals surface area contributed by atoms with Gasteiger partial charge in [-0.25, -0.2) is 8.42 Å². The van der Waals surface area contributed by atoms with Gasteiger partial charge in [0.05, 0.1) is 10.6 Å². The second-order valence-corrected chi connectivity index (χ2v) is 13.5. The number of rotatable bonds is 11. The van der Waals surface area contributed by atoms with Crippen LogP contribution in [0.4, 0.5) is 5.69 Å². The van der Waals surface area contributed by atoms with E-state index in [9.17, 15) is 18.0 Å². The van der Waals surface area contributed by atoms with Crippen LogP contribution in [0.1, 0.15) is 69.9 Å². The monoisotopic (exact) mass is 609 g/mol. The molecule has 1 aliphatic carbocycles. The number of carbonyl (C=O) groups is 2. The molecule has 3 aromatic carbocycles. The Labute approximate surface area is 254 Å². The van der Waals surface area contributed by atoms with E-state index in [2.05, 4.69) is 19.2 Å². The quantitative estimate of drug-likeness (QED) is 0.268. The van der Waals surface area contributed by atoms with E-state index in [-0.39, 0.29) is 29.3 Å². The van der Waals surface area contributed by atoms with Crippen LogP contribution >= 0.6 is 11.6 Å². The Hall–Kier alpha value is -3.36. The molecule has 1 fully saturated rings. The lowest BCUT2D eigenvalue weighted by Gasteiger charge is -2.33. The molecule has 0 bridgehead atoms. The molecule has 2 amide bonds. The smallest absolute Gasteiger partial charge is 0.264 e. The summed E-state index contributed by atoms with van der Waals surface area (Å²) < 4.78 is 29.0. The van der Waals surface area contributed by atoms with Crippen LogP contribution in [0.5, 0.6) is 0 Å². The van der Waals surface area contributed by atoms with Gasteiger partial charge in [0.15, 0.2) is 0 Å². The summed E-state index contributed by atoms with van der Waals surface area (Å²) in [6.07, 6.45) is 5.09. The fourth-order valence-corrected chi connectivity index (χ4v) is 6.87. The normalized spacial score (nSPS) is 14.8. The van der Waals surface area contributed by atoms with Gasteiger partial charge < -0.3 is 10.2 Å². The summed E-state index contributed by atoms with van der Waals surface area (Å²) in [5.74, 6) is -0.510. The number of carbonyl (C=O) groups excluding carboxylic acids is 2. The van der Waals surface area contributed by atoms with E-state index in [0.29, 0.717) is 16.3 Å². The van der Waals surface area contributed by atoms with Crippen molar-refractivity contribution in [2.45, 2.75) is 82.3 Å². The average molecular weight is 610 g/mol. The first kappa shape index (κ1) is 31.6. The van der Waals surface area contributed by atoms with Crippen molar-refractivity contribution in [3.63, 3.8) is 0 Å². The van der Waals surface area contributed by atoms with Crippen molar-refractivity contribution in [1.29, 1.82) is 0 Å². The highest BCUT2D eigenvalue weighted by molar-refractivity contribution is 7.92. The van der Waals surface area contributed by atoms with Gasteiger partial charge in [-0.05, 0) is 67.1 Å². The maximum absolute atomic E-state index is 14.1. The molecule has 9 heteroatoms. The Morgan fingerprint density at radius 1 is 0.881 bits per heavy atom. The van der Waals surface area contributed by atoms with Crippen LogP contribution in [0.2, 0.25) is 5.02 Å². The van der Waals surface area contributed by atoms with E-state index >= 15 is 0 Å². The molecule has 0 aliphatic heterocycles. The number of halogens is 1. The Kier molecular flexibility index (Phi) is 10.7. The molecule has 0 unspecified atom stereocenters. The van der Waals surface area contributed by atoms with E-state index < -0.39 is 28.5 Å². The highest BCUT2D eigenvalue weighted by Crippen LogP contribution is 2.27. The predicted octanol–water partition coefficient (Wildman–Crippen LogP) is 6.52. The Balaban J connectivity index is 1.68. The zero-order valence-electron chi connectivity index (χ0n) is 24.5. The summed E-state index contributed by atoms with van der Waals surface area (Å²) in [4.78, 5) is 29.1. The van der Waals surface area contributed by atoms with Crippen LogP contribution in [-0.2, 0) is 26.2 Å². The van der Waals surface area contributed by atoms with Gasteiger partial charge in [-0.15, -0.1) is 0 Å². The number of hydrogen-bond acceptors (Lipinski definition) is 4. The predicted molar refractivity (Wildman–Crippen MR) is 168 cm³/mol. The third-order valence-electron chi connectivity index (χ3n) is 7.88. The lowest BCUT2D eigenvalue weighted by Crippen LogP contribution is -2.53. The van der Waals surface area contributed by atoms with Crippen molar-refractivity contribution in [3.8, 4) is 0 Å². The summed E-state index contributed by atoms with van der Waals surface area (Å²) in [6, 6.07) is 21.6. The second-order valence-electron chi connectivity index (χ2n) is 11.2. The van der Waals surface area contributed by atoms with Gasteiger partial charge in [0, 0.05) is 17.6 Å². The van der Waals surface area contributed by atoms with Gasteiger partial charge in [0.2, 0.25) is 11.8 Å². The van der Waals surface area contributed by atoms with E-state index in [1.54, 1.807) is 55.5 Å². The highest BCUT2D eigenvalue weighted by atomic mass is 35.5. The highest BCUT2D eigenvalue weighted by Gasteiger charge is 2.33. The number of benzene rings is 3. The first-order chi connectivity index (χ1) is 20.1. The Bertz CT molecular complexity index is 1460. The van der Waals surface area contributed by atoms with Gasteiger partial charge in [0.25, 0.3) is 10.0 Å². The summed E-state index contributed by atoms with van der Waals surface area (Å²) >= 11 is 6.46. The number of nitrogens with one attached hydrogen (secondary N) is 1. The standard InChI is InChI=1S/C33H40ClN3O4S/c1-24(2)26-18-20-29(21-19-26)37(42(40,41)30-15-8-5-9-16-30)23-32(38)36(22-27-12-10-11-17-31(27)34)25(3)33(39)35-28-13-6-4-7-14-28/h5,8-12,15-21,24-25,28H,4,6-7,13-14,22-23H2,1-3H3,(H,35,39)/t25-/m1/s1. The number of amides is 2. The number of anilines is 1. The average Bonchev–Trinajstić information content (AvgIpc) is 3.00. The van der Waals surface area contributed by atoms with E-state index in [4.69, 9.17) is 11.6 Å². The van der Waals surface area contributed by atoms with E-state index in [0.717, 1.165) is 42.0 Å². The fourth-order valence-electron chi connectivity index (χ4n) is 5.24. The molecular weight excluding hydrogens is 570 g/mol. The Morgan fingerprint density at radius 3 is 2.12 bits per heavy atom. The van der Waals surface area contributed by atoms with Crippen LogP contribution in [0.15, 0.2) is 83.8 Å².